The monoisotopic (exact) mass is 536 g/mol. The zero-order chi connectivity index (χ0) is 27.8. The number of fused-ring (bicyclic) bond motifs is 1. The maximum Gasteiger partial charge on any atom is 0.323 e. The third-order valence-electron chi connectivity index (χ3n) is 8.23. The first kappa shape index (κ1) is 28.8. The summed E-state index contributed by atoms with van der Waals surface area (Å²) in [6, 6.07) is 16.6. The summed E-state index contributed by atoms with van der Waals surface area (Å²) in [5.74, 6) is -1.94. The van der Waals surface area contributed by atoms with E-state index in [2.05, 4.69) is 17.4 Å². The second-order valence-corrected chi connectivity index (χ2v) is 10.8. The van der Waals surface area contributed by atoms with Gasteiger partial charge < -0.3 is 20.3 Å². The number of carbonyl (C=O) groups excluding carboxylic acids is 2. The van der Waals surface area contributed by atoms with Gasteiger partial charge in [0.15, 0.2) is 6.29 Å². The fourth-order valence-electron chi connectivity index (χ4n) is 6.19. The molecule has 0 saturated heterocycles. The van der Waals surface area contributed by atoms with E-state index in [0.717, 1.165) is 24.8 Å². The number of amides is 2. The first-order valence-electron chi connectivity index (χ1n) is 14.1. The zero-order valence-electron chi connectivity index (χ0n) is 22.7. The highest BCUT2D eigenvalue weighted by Crippen LogP contribution is 2.45. The molecule has 2 aliphatic rings. The average molecular weight is 537 g/mol. The number of aliphatic hydroxyl groups excluding tert-OH is 1. The van der Waals surface area contributed by atoms with E-state index in [1.54, 1.807) is 12.1 Å². The van der Waals surface area contributed by atoms with Crippen molar-refractivity contribution in [2.45, 2.75) is 77.0 Å². The van der Waals surface area contributed by atoms with E-state index in [9.17, 15) is 24.6 Å². The molecule has 1 saturated carbocycles. The number of anilines is 1. The molecule has 2 amide bonds. The minimum atomic E-state index is -1.11. The molecule has 3 N–H and O–H groups in total. The molecule has 1 aliphatic heterocycles. The second-order valence-electron chi connectivity index (χ2n) is 10.8. The van der Waals surface area contributed by atoms with Crippen LogP contribution in [0.4, 0.5) is 5.69 Å². The Bertz CT molecular complexity index is 1130. The molecular weight excluding hydrogens is 496 g/mol. The quantitative estimate of drug-likeness (QED) is 0.352. The van der Waals surface area contributed by atoms with Gasteiger partial charge in [-0.25, -0.2) is 0 Å². The van der Waals surface area contributed by atoms with Crippen LogP contribution >= 0.6 is 0 Å². The van der Waals surface area contributed by atoms with E-state index in [4.69, 9.17) is 4.74 Å². The molecule has 210 valence electrons. The van der Waals surface area contributed by atoms with Crippen LogP contribution in [0.3, 0.4) is 0 Å². The number of aliphatic carboxylic acids is 1. The predicted molar refractivity (Wildman–Crippen MR) is 148 cm³/mol. The van der Waals surface area contributed by atoms with Crippen LogP contribution in [0.2, 0.25) is 0 Å². The Hall–Kier alpha value is -3.23. The van der Waals surface area contributed by atoms with Crippen LogP contribution < -0.4 is 10.2 Å². The minimum absolute atomic E-state index is 0.187. The molecule has 4 rings (SSSR count). The maximum absolute atomic E-state index is 14.0. The van der Waals surface area contributed by atoms with Gasteiger partial charge in [0.2, 0.25) is 11.8 Å². The Morgan fingerprint density at radius 2 is 1.79 bits per heavy atom. The van der Waals surface area contributed by atoms with Crippen molar-refractivity contribution < 1.29 is 29.3 Å². The molecule has 1 fully saturated rings. The van der Waals surface area contributed by atoms with Crippen LogP contribution in [0, 0.1) is 11.3 Å². The molecule has 0 bridgehead atoms. The SMILES string of the molecule is CCOC(O)C(CCc1ccccc1)CC1(C(=O)NC2CCc3ccccc3N(CC(=O)O)C2=O)CCCC1. The molecule has 39 heavy (non-hydrogen) atoms. The molecule has 2 aromatic rings. The number of para-hydroxylation sites is 1. The van der Waals surface area contributed by atoms with Crippen LogP contribution in [0.15, 0.2) is 54.6 Å². The van der Waals surface area contributed by atoms with E-state index in [1.807, 2.05) is 37.3 Å². The number of hydrogen-bond donors (Lipinski definition) is 3. The zero-order valence-corrected chi connectivity index (χ0v) is 22.7. The van der Waals surface area contributed by atoms with E-state index in [-0.39, 0.29) is 11.8 Å². The summed E-state index contributed by atoms with van der Waals surface area (Å²) in [6.07, 6.45) is 5.03. The highest BCUT2D eigenvalue weighted by atomic mass is 16.6. The Kier molecular flexibility index (Phi) is 9.75. The lowest BCUT2D eigenvalue weighted by molar-refractivity contribution is -0.149. The smallest absolute Gasteiger partial charge is 0.323 e. The number of hydrogen-bond acceptors (Lipinski definition) is 5. The van der Waals surface area contributed by atoms with Gasteiger partial charge in [0.25, 0.3) is 0 Å². The number of aryl methyl sites for hydroxylation is 2. The van der Waals surface area contributed by atoms with Gasteiger partial charge >= 0.3 is 5.97 Å². The lowest BCUT2D eigenvalue weighted by atomic mass is 9.75. The van der Waals surface area contributed by atoms with E-state index >= 15 is 0 Å². The summed E-state index contributed by atoms with van der Waals surface area (Å²) >= 11 is 0. The third kappa shape index (κ3) is 7.05. The van der Waals surface area contributed by atoms with Gasteiger partial charge in [-0.2, -0.15) is 0 Å². The van der Waals surface area contributed by atoms with Gasteiger partial charge in [0.1, 0.15) is 12.6 Å². The van der Waals surface area contributed by atoms with Crippen LogP contribution in [0.25, 0.3) is 0 Å². The molecular formula is C31H40N2O6. The standard InChI is InChI=1S/C31H40N2O6/c1-2-39-29(37)24(15-14-22-10-4-3-5-11-22)20-31(18-8-9-19-31)30(38)32-25-17-16-23-12-6-7-13-26(23)33(28(25)36)21-27(34)35/h3-7,10-13,24-25,29,37H,2,8-9,14-21H2,1H3,(H,32,38)(H,34,35). The molecule has 8 heteroatoms. The topological polar surface area (TPSA) is 116 Å². The average Bonchev–Trinajstić information content (AvgIpc) is 3.38. The van der Waals surface area contributed by atoms with Crippen LogP contribution in [-0.4, -0.2) is 53.5 Å². The highest BCUT2D eigenvalue weighted by Gasteiger charge is 2.45. The molecule has 3 unspecified atom stereocenters. The van der Waals surface area contributed by atoms with Crippen LogP contribution in [0.5, 0.6) is 0 Å². The van der Waals surface area contributed by atoms with Gasteiger partial charge in [-0.1, -0.05) is 61.4 Å². The summed E-state index contributed by atoms with van der Waals surface area (Å²) < 4.78 is 5.61. The summed E-state index contributed by atoms with van der Waals surface area (Å²) in [5, 5.41) is 23.4. The van der Waals surface area contributed by atoms with Gasteiger partial charge in [0, 0.05) is 23.6 Å². The number of carboxylic acids is 1. The van der Waals surface area contributed by atoms with Crippen molar-refractivity contribution >= 4 is 23.5 Å². The van der Waals surface area contributed by atoms with Crippen molar-refractivity contribution in [2.24, 2.45) is 11.3 Å². The number of carboxylic acid groups (broad SMARTS) is 1. The Morgan fingerprint density at radius 1 is 1.10 bits per heavy atom. The highest BCUT2D eigenvalue weighted by molar-refractivity contribution is 6.03. The summed E-state index contributed by atoms with van der Waals surface area (Å²) in [5.41, 5.74) is 1.92. The maximum atomic E-state index is 14.0. The van der Waals surface area contributed by atoms with Crippen LogP contribution in [0.1, 0.15) is 63.0 Å². The van der Waals surface area contributed by atoms with Crippen LogP contribution in [-0.2, 0) is 32.0 Å². The summed E-state index contributed by atoms with van der Waals surface area (Å²) in [6.45, 7) is 1.75. The van der Waals surface area contributed by atoms with Gasteiger partial charge in [-0.15, -0.1) is 0 Å². The number of nitrogens with one attached hydrogen (secondary N) is 1. The van der Waals surface area contributed by atoms with E-state index in [1.165, 1.54) is 10.5 Å². The number of rotatable bonds is 12. The normalized spacial score (nSPS) is 20.1. The lowest BCUT2D eigenvalue weighted by Crippen LogP contribution is -2.53. The van der Waals surface area contributed by atoms with Gasteiger partial charge in [0.05, 0.1) is 0 Å². The first-order chi connectivity index (χ1) is 18.8. The molecule has 2 aromatic carbocycles. The number of nitrogens with zero attached hydrogens (tertiary/aromatic N) is 1. The van der Waals surface area contributed by atoms with Crippen molar-refractivity contribution in [3.8, 4) is 0 Å². The Labute approximate surface area is 230 Å². The summed E-state index contributed by atoms with van der Waals surface area (Å²) in [4.78, 5) is 40.4. The lowest BCUT2D eigenvalue weighted by Gasteiger charge is -2.35. The molecule has 1 heterocycles. The molecule has 0 radical (unpaired) electrons. The predicted octanol–water partition coefficient (Wildman–Crippen LogP) is 4.09. The van der Waals surface area contributed by atoms with Gasteiger partial charge in [-0.05, 0) is 69.1 Å². The molecule has 0 spiro atoms. The van der Waals surface area contributed by atoms with Crippen molar-refractivity contribution in [3.05, 3.63) is 65.7 Å². The Balaban J connectivity index is 1.52. The molecule has 0 aromatic heterocycles. The fourth-order valence-corrected chi connectivity index (χ4v) is 6.19. The molecule has 1 aliphatic carbocycles. The number of ether oxygens (including phenoxy) is 1. The van der Waals surface area contributed by atoms with E-state index in [0.29, 0.717) is 50.8 Å². The van der Waals surface area contributed by atoms with E-state index < -0.39 is 36.2 Å². The number of aliphatic hydroxyl groups is 1. The Morgan fingerprint density at radius 3 is 2.49 bits per heavy atom. The fraction of sp³-hybridized carbons (Fsp3) is 0.516. The number of carbonyl (C=O) groups is 3. The second kappa shape index (κ2) is 13.2. The minimum Gasteiger partial charge on any atom is -0.480 e. The van der Waals surface area contributed by atoms with Gasteiger partial charge in [-0.3, -0.25) is 19.3 Å². The molecule has 3 atom stereocenters. The molecule has 8 nitrogen and oxygen atoms in total. The largest absolute Gasteiger partial charge is 0.480 e. The number of benzene rings is 2. The first-order valence-corrected chi connectivity index (χ1v) is 14.1. The van der Waals surface area contributed by atoms with Crippen molar-refractivity contribution in [1.29, 1.82) is 0 Å². The van der Waals surface area contributed by atoms with Crippen molar-refractivity contribution in [3.63, 3.8) is 0 Å². The third-order valence-corrected chi connectivity index (χ3v) is 8.23. The van der Waals surface area contributed by atoms with Crippen molar-refractivity contribution in [1.82, 2.24) is 5.32 Å². The van der Waals surface area contributed by atoms with Crippen molar-refractivity contribution in [2.75, 3.05) is 18.1 Å². The summed E-state index contributed by atoms with van der Waals surface area (Å²) in [7, 11) is 0.